The van der Waals surface area contributed by atoms with Crippen molar-refractivity contribution in [3.8, 4) is 0 Å². The van der Waals surface area contributed by atoms with E-state index in [2.05, 4.69) is 32.3 Å². The predicted octanol–water partition coefficient (Wildman–Crippen LogP) is 1.62. The summed E-state index contributed by atoms with van der Waals surface area (Å²) in [6.07, 6.45) is 1.05. The maximum atomic E-state index is 5.85. The standard InChI is InChI=1S/C10H22N2/c1-5-10(11)8-12(6-2)7-9(3)4/h10H,3,5-8,11H2,1-2,4H3. The SMILES string of the molecule is C=C(C)CN(CC)CC(N)CC. The van der Waals surface area contributed by atoms with Crippen LogP contribution in [-0.2, 0) is 0 Å². The largest absolute Gasteiger partial charge is 0.327 e. The molecular formula is C10H22N2. The first-order chi connectivity index (χ1) is 5.60. The van der Waals surface area contributed by atoms with Crippen molar-refractivity contribution in [3.05, 3.63) is 12.2 Å². The third-order valence-corrected chi connectivity index (χ3v) is 1.96. The van der Waals surface area contributed by atoms with Crippen molar-refractivity contribution in [2.45, 2.75) is 33.2 Å². The number of nitrogens with two attached hydrogens (primary N) is 1. The third kappa shape index (κ3) is 5.33. The molecule has 2 nitrogen and oxygen atoms in total. The minimum atomic E-state index is 0.310. The molecule has 0 saturated heterocycles. The Morgan fingerprint density at radius 1 is 1.50 bits per heavy atom. The predicted molar refractivity (Wildman–Crippen MR) is 55.2 cm³/mol. The molecule has 0 amide bonds. The number of nitrogens with zero attached hydrogens (tertiary/aromatic N) is 1. The lowest BCUT2D eigenvalue weighted by Crippen LogP contribution is -2.37. The van der Waals surface area contributed by atoms with E-state index in [9.17, 15) is 0 Å². The minimum absolute atomic E-state index is 0.310. The molecule has 72 valence electrons. The molecule has 0 aliphatic heterocycles. The van der Waals surface area contributed by atoms with Crippen LogP contribution in [0.4, 0.5) is 0 Å². The van der Waals surface area contributed by atoms with Crippen LogP contribution in [0, 0.1) is 0 Å². The van der Waals surface area contributed by atoms with Crippen LogP contribution in [0.5, 0.6) is 0 Å². The fraction of sp³-hybridized carbons (Fsp3) is 0.800. The van der Waals surface area contributed by atoms with Crippen LogP contribution in [0.1, 0.15) is 27.2 Å². The Morgan fingerprint density at radius 2 is 2.08 bits per heavy atom. The number of hydrogen-bond acceptors (Lipinski definition) is 2. The molecule has 1 unspecified atom stereocenters. The Balaban J connectivity index is 3.74. The molecule has 2 heteroatoms. The molecule has 0 spiro atoms. The maximum Gasteiger partial charge on any atom is 0.0187 e. The zero-order valence-corrected chi connectivity index (χ0v) is 8.64. The van der Waals surface area contributed by atoms with Crippen molar-refractivity contribution in [2.75, 3.05) is 19.6 Å². The van der Waals surface area contributed by atoms with Crippen LogP contribution in [0.2, 0.25) is 0 Å². The van der Waals surface area contributed by atoms with Crippen molar-refractivity contribution in [1.82, 2.24) is 4.90 Å². The fourth-order valence-corrected chi connectivity index (χ4v) is 1.15. The quantitative estimate of drug-likeness (QED) is 0.614. The zero-order valence-electron chi connectivity index (χ0n) is 8.64. The van der Waals surface area contributed by atoms with Crippen molar-refractivity contribution in [1.29, 1.82) is 0 Å². The van der Waals surface area contributed by atoms with Gasteiger partial charge in [0.05, 0.1) is 0 Å². The average molecular weight is 170 g/mol. The number of rotatable bonds is 6. The van der Waals surface area contributed by atoms with Gasteiger partial charge in [-0.2, -0.15) is 0 Å². The first-order valence-corrected chi connectivity index (χ1v) is 4.72. The molecule has 0 aromatic carbocycles. The Morgan fingerprint density at radius 3 is 2.42 bits per heavy atom. The molecular weight excluding hydrogens is 148 g/mol. The summed E-state index contributed by atoms with van der Waals surface area (Å²) in [4.78, 5) is 2.33. The van der Waals surface area contributed by atoms with Crippen LogP contribution in [0.15, 0.2) is 12.2 Å². The minimum Gasteiger partial charge on any atom is -0.327 e. The molecule has 0 bridgehead atoms. The van der Waals surface area contributed by atoms with Gasteiger partial charge in [-0.25, -0.2) is 0 Å². The molecule has 2 N–H and O–H groups in total. The van der Waals surface area contributed by atoms with Crippen molar-refractivity contribution in [2.24, 2.45) is 5.73 Å². The average Bonchev–Trinajstić information content (AvgIpc) is 2.02. The summed E-state index contributed by atoms with van der Waals surface area (Å²) in [6, 6.07) is 0.310. The van der Waals surface area contributed by atoms with E-state index in [1.807, 2.05) is 0 Å². The van der Waals surface area contributed by atoms with Crippen molar-refractivity contribution >= 4 is 0 Å². The van der Waals surface area contributed by atoms with Crippen LogP contribution >= 0.6 is 0 Å². The highest BCUT2D eigenvalue weighted by Crippen LogP contribution is 1.98. The third-order valence-electron chi connectivity index (χ3n) is 1.96. The summed E-state index contributed by atoms with van der Waals surface area (Å²) >= 11 is 0. The first kappa shape index (κ1) is 11.7. The molecule has 0 radical (unpaired) electrons. The second-order valence-electron chi connectivity index (χ2n) is 3.45. The van der Waals surface area contributed by atoms with Crippen LogP contribution in [0.3, 0.4) is 0 Å². The molecule has 0 heterocycles. The van der Waals surface area contributed by atoms with Crippen LogP contribution < -0.4 is 5.73 Å². The van der Waals surface area contributed by atoms with Crippen LogP contribution in [0.25, 0.3) is 0 Å². The van der Waals surface area contributed by atoms with Gasteiger partial charge in [-0.05, 0) is 19.9 Å². The summed E-state index contributed by atoms with van der Waals surface area (Å²) < 4.78 is 0. The molecule has 0 aromatic heterocycles. The van der Waals surface area contributed by atoms with Gasteiger partial charge in [-0.3, -0.25) is 4.90 Å². The monoisotopic (exact) mass is 170 g/mol. The Bertz CT molecular complexity index is 132. The van der Waals surface area contributed by atoms with Gasteiger partial charge < -0.3 is 5.73 Å². The van der Waals surface area contributed by atoms with Gasteiger partial charge >= 0.3 is 0 Å². The molecule has 0 aliphatic rings. The van der Waals surface area contributed by atoms with E-state index >= 15 is 0 Å². The summed E-state index contributed by atoms with van der Waals surface area (Å²) in [7, 11) is 0. The Hall–Kier alpha value is -0.340. The molecule has 0 rings (SSSR count). The van der Waals surface area contributed by atoms with Gasteiger partial charge in [0.2, 0.25) is 0 Å². The molecule has 0 fully saturated rings. The molecule has 12 heavy (non-hydrogen) atoms. The topological polar surface area (TPSA) is 29.3 Å². The highest BCUT2D eigenvalue weighted by Gasteiger charge is 2.06. The smallest absolute Gasteiger partial charge is 0.0187 e. The lowest BCUT2D eigenvalue weighted by Gasteiger charge is -2.23. The highest BCUT2D eigenvalue weighted by atomic mass is 15.1. The van der Waals surface area contributed by atoms with E-state index in [-0.39, 0.29) is 0 Å². The zero-order chi connectivity index (χ0) is 9.56. The summed E-state index contributed by atoms with van der Waals surface area (Å²) in [5, 5.41) is 0. The molecule has 0 aromatic rings. The van der Waals surface area contributed by atoms with Gasteiger partial charge in [-0.15, -0.1) is 0 Å². The van der Waals surface area contributed by atoms with Gasteiger partial charge in [0.25, 0.3) is 0 Å². The number of hydrogen-bond donors (Lipinski definition) is 1. The normalized spacial score (nSPS) is 13.4. The summed E-state index contributed by atoms with van der Waals surface area (Å²) in [5.74, 6) is 0. The Kier molecular flexibility index (Phi) is 6.03. The summed E-state index contributed by atoms with van der Waals surface area (Å²) in [5.41, 5.74) is 7.06. The van der Waals surface area contributed by atoms with E-state index in [1.165, 1.54) is 5.57 Å². The van der Waals surface area contributed by atoms with E-state index in [1.54, 1.807) is 0 Å². The molecule has 0 saturated carbocycles. The number of likely N-dealkylation sites (N-methyl/N-ethyl adjacent to an activating group) is 1. The van der Waals surface area contributed by atoms with Crippen molar-refractivity contribution in [3.63, 3.8) is 0 Å². The van der Waals surface area contributed by atoms with E-state index in [4.69, 9.17) is 5.73 Å². The lowest BCUT2D eigenvalue weighted by atomic mass is 10.2. The van der Waals surface area contributed by atoms with E-state index < -0.39 is 0 Å². The van der Waals surface area contributed by atoms with Gasteiger partial charge in [-0.1, -0.05) is 26.0 Å². The van der Waals surface area contributed by atoms with Crippen molar-refractivity contribution < 1.29 is 0 Å². The van der Waals surface area contributed by atoms with Crippen LogP contribution in [-0.4, -0.2) is 30.6 Å². The Labute approximate surface area is 76.4 Å². The maximum absolute atomic E-state index is 5.85. The second-order valence-corrected chi connectivity index (χ2v) is 3.45. The van der Waals surface area contributed by atoms with Gasteiger partial charge in [0.1, 0.15) is 0 Å². The van der Waals surface area contributed by atoms with Gasteiger partial charge in [0.15, 0.2) is 0 Å². The highest BCUT2D eigenvalue weighted by molar-refractivity contribution is 4.92. The second kappa shape index (κ2) is 6.21. The van der Waals surface area contributed by atoms with Gasteiger partial charge in [0, 0.05) is 19.1 Å². The van der Waals surface area contributed by atoms with E-state index in [0.29, 0.717) is 6.04 Å². The summed E-state index contributed by atoms with van der Waals surface area (Å²) in [6.45, 7) is 13.3. The molecule has 1 atom stereocenters. The van der Waals surface area contributed by atoms with E-state index in [0.717, 1.165) is 26.1 Å². The molecule has 0 aliphatic carbocycles. The fourth-order valence-electron chi connectivity index (χ4n) is 1.15. The first-order valence-electron chi connectivity index (χ1n) is 4.72. The lowest BCUT2D eigenvalue weighted by molar-refractivity contribution is 0.288.